The minimum atomic E-state index is -0.580. The molecule has 0 aromatic heterocycles. The second kappa shape index (κ2) is 42.5. The van der Waals surface area contributed by atoms with Gasteiger partial charge in [-0.1, -0.05) is 232 Å². The normalized spacial score (nSPS) is 12.2. The van der Waals surface area contributed by atoms with Gasteiger partial charge in [-0.25, -0.2) is 9.59 Å². The number of benzene rings is 2. The molecule has 0 saturated heterocycles. The third kappa shape index (κ3) is 32.5. The summed E-state index contributed by atoms with van der Waals surface area (Å²) in [6.45, 7) is 17.4. The van der Waals surface area contributed by atoms with Gasteiger partial charge in [0, 0.05) is 29.7 Å². The van der Waals surface area contributed by atoms with E-state index >= 15 is 0 Å². The van der Waals surface area contributed by atoms with Gasteiger partial charge >= 0.3 is 11.9 Å². The molecule has 0 fully saturated rings. The predicted molar refractivity (Wildman–Crippen MR) is 285 cm³/mol. The first-order valence-electron chi connectivity index (χ1n) is 27.9. The standard InChI is InChI=1S/C60H100O8/c1-7-9-11-13-15-17-19-21-23-25-27-29-31-33-35-37-44-63-47-55(67-59(61)51(3)4)49-65-54-42-43-57-53(46-54)40-39-41-58(57)66-50-56(68-60(62)52(5)6)48-64-45-38-36-34-32-30-28-26-24-22-20-18-16-14-12-10-8-2/h39-43,46,55-56H,3,5,7-38,44-45,47-50H2,1-2,4,6H3. The van der Waals surface area contributed by atoms with Gasteiger partial charge in [-0.15, -0.1) is 0 Å². The molecule has 0 amide bonds. The fourth-order valence-corrected chi connectivity index (χ4v) is 8.49. The number of ether oxygens (including phenoxy) is 6. The summed E-state index contributed by atoms with van der Waals surface area (Å²) in [6, 6.07) is 11.6. The van der Waals surface area contributed by atoms with Crippen LogP contribution in [0.25, 0.3) is 10.8 Å². The van der Waals surface area contributed by atoms with Gasteiger partial charge in [0.05, 0.1) is 13.2 Å². The summed E-state index contributed by atoms with van der Waals surface area (Å²) >= 11 is 0. The summed E-state index contributed by atoms with van der Waals surface area (Å²) in [7, 11) is 0. The van der Waals surface area contributed by atoms with Crippen LogP contribution in [0.1, 0.15) is 233 Å². The monoisotopic (exact) mass is 949 g/mol. The maximum absolute atomic E-state index is 12.5. The molecule has 2 atom stereocenters. The van der Waals surface area contributed by atoms with E-state index in [1.54, 1.807) is 13.8 Å². The zero-order valence-electron chi connectivity index (χ0n) is 44.2. The molecule has 2 rings (SSSR count). The Bertz CT molecular complexity index is 1570. The van der Waals surface area contributed by atoms with Crippen LogP contribution < -0.4 is 9.47 Å². The van der Waals surface area contributed by atoms with E-state index < -0.39 is 24.1 Å². The lowest BCUT2D eigenvalue weighted by molar-refractivity contribution is -0.150. The van der Waals surface area contributed by atoms with E-state index in [2.05, 4.69) is 27.0 Å². The van der Waals surface area contributed by atoms with Crippen molar-refractivity contribution in [2.45, 2.75) is 245 Å². The lowest BCUT2D eigenvalue weighted by Crippen LogP contribution is -2.30. The number of rotatable bonds is 48. The Balaban J connectivity index is 1.70. The molecule has 8 heteroatoms. The Morgan fingerprint density at radius 2 is 0.794 bits per heavy atom. The predicted octanol–water partition coefficient (Wildman–Crippen LogP) is 17.1. The van der Waals surface area contributed by atoms with E-state index in [0.29, 0.717) is 35.9 Å². The van der Waals surface area contributed by atoms with Crippen LogP contribution in [0.3, 0.4) is 0 Å². The lowest BCUT2D eigenvalue weighted by Gasteiger charge is -2.20. The highest BCUT2D eigenvalue weighted by atomic mass is 16.6. The number of esters is 2. The fraction of sp³-hybridized carbons (Fsp3) is 0.733. The molecular formula is C60H100O8. The number of hydrogen-bond donors (Lipinski definition) is 0. The summed E-state index contributed by atoms with van der Waals surface area (Å²) in [5, 5.41) is 1.82. The Morgan fingerprint density at radius 1 is 0.441 bits per heavy atom. The molecule has 8 nitrogen and oxygen atoms in total. The summed E-state index contributed by atoms with van der Waals surface area (Å²) in [5.74, 6) is 0.392. The Labute approximate surface area is 416 Å². The first-order chi connectivity index (χ1) is 33.2. The first-order valence-corrected chi connectivity index (χ1v) is 27.9. The van der Waals surface area contributed by atoms with E-state index in [-0.39, 0.29) is 26.4 Å². The summed E-state index contributed by atoms with van der Waals surface area (Å²) in [4.78, 5) is 25.0. The number of carbonyl (C=O) groups is 2. The Morgan fingerprint density at radius 3 is 1.16 bits per heavy atom. The minimum absolute atomic E-state index is 0.143. The topological polar surface area (TPSA) is 89.5 Å². The molecule has 68 heavy (non-hydrogen) atoms. The van der Waals surface area contributed by atoms with Gasteiger partial charge in [0.15, 0.2) is 12.2 Å². The maximum Gasteiger partial charge on any atom is 0.333 e. The van der Waals surface area contributed by atoms with Crippen LogP contribution in [-0.2, 0) is 28.5 Å². The third-order valence-electron chi connectivity index (χ3n) is 12.8. The van der Waals surface area contributed by atoms with Crippen molar-refractivity contribution in [1.29, 1.82) is 0 Å². The van der Waals surface area contributed by atoms with Crippen LogP contribution in [0, 0.1) is 0 Å². The molecule has 388 valence electrons. The molecular weight excluding hydrogens is 849 g/mol. The molecule has 0 aliphatic carbocycles. The molecule has 0 aliphatic rings. The molecule has 0 saturated carbocycles. The molecule has 2 aromatic carbocycles. The number of hydrogen-bond acceptors (Lipinski definition) is 8. The van der Waals surface area contributed by atoms with Gasteiger partial charge in [0.25, 0.3) is 0 Å². The Hall–Kier alpha value is -3.36. The van der Waals surface area contributed by atoms with Gasteiger partial charge in [0.2, 0.25) is 0 Å². The molecule has 2 unspecified atom stereocenters. The van der Waals surface area contributed by atoms with E-state index in [1.807, 2.05) is 36.4 Å². The molecule has 0 radical (unpaired) electrons. The molecule has 0 bridgehead atoms. The van der Waals surface area contributed by atoms with Crippen molar-refractivity contribution >= 4 is 22.7 Å². The molecule has 0 heterocycles. The minimum Gasteiger partial charge on any atom is -0.490 e. The van der Waals surface area contributed by atoms with Crippen LogP contribution in [0.2, 0.25) is 0 Å². The highest BCUT2D eigenvalue weighted by molar-refractivity contribution is 5.89. The summed E-state index contributed by atoms with van der Waals surface area (Å²) in [6.07, 6.45) is 41.3. The zero-order chi connectivity index (χ0) is 49.1. The van der Waals surface area contributed by atoms with Crippen LogP contribution >= 0.6 is 0 Å². The van der Waals surface area contributed by atoms with Gasteiger partial charge in [-0.05, 0) is 56.3 Å². The highest BCUT2D eigenvalue weighted by Crippen LogP contribution is 2.29. The van der Waals surface area contributed by atoms with Crippen LogP contribution in [0.15, 0.2) is 60.7 Å². The van der Waals surface area contributed by atoms with Crippen molar-refractivity contribution in [3.05, 3.63) is 60.7 Å². The molecule has 2 aromatic rings. The average Bonchev–Trinajstić information content (AvgIpc) is 3.33. The van der Waals surface area contributed by atoms with Gasteiger partial charge < -0.3 is 28.4 Å². The van der Waals surface area contributed by atoms with E-state index in [4.69, 9.17) is 28.4 Å². The van der Waals surface area contributed by atoms with Crippen molar-refractivity contribution in [2.24, 2.45) is 0 Å². The second-order valence-electron chi connectivity index (χ2n) is 19.6. The van der Waals surface area contributed by atoms with Gasteiger partial charge in [-0.2, -0.15) is 0 Å². The fourth-order valence-electron chi connectivity index (χ4n) is 8.49. The van der Waals surface area contributed by atoms with Gasteiger partial charge in [0.1, 0.15) is 24.7 Å². The second-order valence-corrected chi connectivity index (χ2v) is 19.6. The Kier molecular flexibility index (Phi) is 38.0. The van der Waals surface area contributed by atoms with Crippen LogP contribution in [0.5, 0.6) is 11.5 Å². The summed E-state index contributed by atoms with van der Waals surface area (Å²) in [5.41, 5.74) is 0.675. The lowest BCUT2D eigenvalue weighted by atomic mass is 10.0. The molecule has 0 aliphatic heterocycles. The molecule has 0 N–H and O–H groups in total. The van der Waals surface area contributed by atoms with E-state index in [0.717, 1.165) is 36.5 Å². The van der Waals surface area contributed by atoms with E-state index in [1.165, 1.54) is 180 Å². The average molecular weight is 949 g/mol. The maximum atomic E-state index is 12.5. The third-order valence-corrected chi connectivity index (χ3v) is 12.8. The van der Waals surface area contributed by atoms with Crippen molar-refractivity contribution in [2.75, 3.05) is 39.6 Å². The largest absolute Gasteiger partial charge is 0.490 e. The SMILES string of the molecule is C=C(C)C(=O)OC(COCCCCCCCCCCCCCCCCCC)COc1ccc2c(OCC(COCCCCCCCCCCCCCCCCCC)OC(=O)C(=C)C)cccc2c1. The van der Waals surface area contributed by atoms with Crippen molar-refractivity contribution in [3.8, 4) is 11.5 Å². The van der Waals surface area contributed by atoms with Crippen molar-refractivity contribution in [3.63, 3.8) is 0 Å². The molecule has 0 spiro atoms. The zero-order valence-corrected chi connectivity index (χ0v) is 44.2. The number of carbonyl (C=O) groups excluding carboxylic acids is 2. The summed E-state index contributed by atoms with van der Waals surface area (Å²) < 4.78 is 35.8. The quantitative estimate of drug-likeness (QED) is 0.0368. The highest BCUT2D eigenvalue weighted by Gasteiger charge is 2.19. The van der Waals surface area contributed by atoms with Crippen LogP contribution in [-0.4, -0.2) is 63.8 Å². The number of unbranched alkanes of at least 4 members (excludes halogenated alkanes) is 30. The van der Waals surface area contributed by atoms with E-state index in [9.17, 15) is 9.59 Å². The van der Waals surface area contributed by atoms with Crippen molar-refractivity contribution in [1.82, 2.24) is 0 Å². The first kappa shape index (κ1) is 60.8. The van der Waals surface area contributed by atoms with Crippen molar-refractivity contribution < 1.29 is 38.0 Å². The smallest absolute Gasteiger partial charge is 0.333 e. The van der Waals surface area contributed by atoms with Gasteiger partial charge in [-0.3, -0.25) is 0 Å². The van der Waals surface area contributed by atoms with Crippen LogP contribution in [0.4, 0.5) is 0 Å². The number of fused-ring (bicyclic) bond motifs is 1.